The van der Waals surface area contributed by atoms with Gasteiger partial charge >= 0.3 is 0 Å². The lowest BCUT2D eigenvalue weighted by molar-refractivity contribution is 0.326. The van der Waals surface area contributed by atoms with Gasteiger partial charge in [-0.25, -0.2) is 4.67 Å². The van der Waals surface area contributed by atoms with Crippen molar-refractivity contribution in [1.82, 2.24) is 4.67 Å². The van der Waals surface area contributed by atoms with Crippen LogP contribution in [-0.4, -0.2) is 24.9 Å². The van der Waals surface area contributed by atoms with Crippen molar-refractivity contribution in [3.05, 3.63) is 22.5 Å². The molecule has 5 heteroatoms. The van der Waals surface area contributed by atoms with E-state index in [0.29, 0.717) is 18.1 Å². The second kappa shape index (κ2) is 7.49. The minimum atomic E-state index is -2.93. The van der Waals surface area contributed by atoms with Gasteiger partial charge in [-0.1, -0.05) is 31.5 Å². The van der Waals surface area contributed by atoms with E-state index in [-0.39, 0.29) is 0 Å². The van der Waals surface area contributed by atoms with Crippen molar-refractivity contribution in [3.63, 3.8) is 0 Å². The lowest BCUT2D eigenvalue weighted by atomic mass is 10.00. The Balaban J connectivity index is 2.95. The van der Waals surface area contributed by atoms with Gasteiger partial charge < -0.3 is 4.52 Å². The molecule has 0 aromatic carbocycles. The molecule has 0 radical (unpaired) electrons. The normalized spacial score (nSPS) is 20.7. The Morgan fingerprint density at radius 3 is 2.61 bits per heavy atom. The van der Waals surface area contributed by atoms with Crippen LogP contribution in [0.2, 0.25) is 0 Å². The third kappa shape index (κ3) is 3.96. The summed E-state index contributed by atoms with van der Waals surface area (Å²) in [5.41, 5.74) is 1.10. The molecule has 0 aromatic rings. The SMILES string of the molecule is CCN(CC)P(=O)(/C=C(\Cl)C1=CCCCC1)OC. The predicted octanol–water partition coefficient (Wildman–Crippen LogP) is 4.75. The predicted molar refractivity (Wildman–Crippen MR) is 78.0 cm³/mol. The van der Waals surface area contributed by atoms with Gasteiger partial charge in [-0.3, -0.25) is 4.57 Å². The number of hydrogen-bond donors (Lipinski definition) is 0. The summed E-state index contributed by atoms with van der Waals surface area (Å²) < 4.78 is 19.8. The van der Waals surface area contributed by atoms with E-state index in [9.17, 15) is 4.57 Å². The molecule has 0 aromatic heterocycles. The number of rotatable bonds is 6. The van der Waals surface area contributed by atoms with Crippen LogP contribution in [0.4, 0.5) is 0 Å². The highest BCUT2D eigenvalue weighted by Gasteiger charge is 2.27. The van der Waals surface area contributed by atoms with Gasteiger partial charge in [0.1, 0.15) is 0 Å². The van der Waals surface area contributed by atoms with Gasteiger partial charge in [-0.15, -0.1) is 0 Å². The van der Waals surface area contributed by atoms with Gasteiger partial charge in [0.15, 0.2) is 0 Å². The molecule has 104 valence electrons. The number of nitrogens with zero attached hydrogens (tertiary/aromatic N) is 1. The van der Waals surface area contributed by atoms with Gasteiger partial charge in [0.05, 0.1) is 5.03 Å². The van der Waals surface area contributed by atoms with Crippen LogP contribution in [0.15, 0.2) is 22.5 Å². The molecule has 0 fully saturated rings. The molecule has 0 bridgehead atoms. The van der Waals surface area contributed by atoms with Crippen LogP contribution in [0, 0.1) is 0 Å². The largest absolute Gasteiger partial charge is 0.318 e. The molecule has 18 heavy (non-hydrogen) atoms. The highest BCUT2D eigenvalue weighted by atomic mass is 35.5. The van der Waals surface area contributed by atoms with Crippen molar-refractivity contribution in [2.75, 3.05) is 20.2 Å². The fourth-order valence-electron chi connectivity index (χ4n) is 2.15. The fourth-order valence-corrected chi connectivity index (χ4v) is 4.43. The second-order valence-electron chi connectivity index (χ2n) is 4.34. The molecular weight excluding hydrogens is 269 g/mol. The third-order valence-corrected chi connectivity index (χ3v) is 6.23. The quantitative estimate of drug-likeness (QED) is 0.662. The van der Waals surface area contributed by atoms with E-state index in [1.165, 1.54) is 13.5 Å². The number of hydrogen-bond acceptors (Lipinski definition) is 2. The summed E-state index contributed by atoms with van der Waals surface area (Å²) in [6.45, 7) is 5.30. The van der Waals surface area contributed by atoms with E-state index in [4.69, 9.17) is 16.1 Å². The molecule has 1 rings (SSSR count). The van der Waals surface area contributed by atoms with Crippen molar-refractivity contribution in [1.29, 1.82) is 0 Å². The van der Waals surface area contributed by atoms with Crippen LogP contribution < -0.4 is 0 Å². The van der Waals surface area contributed by atoms with E-state index in [1.54, 1.807) is 5.82 Å². The topological polar surface area (TPSA) is 29.5 Å². The van der Waals surface area contributed by atoms with Crippen molar-refractivity contribution >= 4 is 19.1 Å². The maximum absolute atomic E-state index is 12.7. The van der Waals surface area contributed by atoms with E-state index in [0.717, 1.165) is 24.8 Å². The van der Waals surface area contributed by atoms with E-state index >= 15 is 0 Å². The summed E-state index contributed by atoms with van der Waals surface area (Å²) in [5, 5.41) is 0.590. The standard InChI is InChI=1S/C13H23ClNO2P/c1-4-15(5-2)18(16,17-3)11-13(14)12-9-7-6-8-10-12/h9,11H,4-8,10H2,1-3H3/b13-11-. The van der Waals surface area contributed by atoms with Gasteiger partial charge in [-0.2, -0.15) is 0 Å². The molecule has 1 aliphatic carbocycles. The molecule has 1 aliphatic rings. The molecule has 0 N–H and O–H groups in total. The van der Waals surface area contributed by atoms with Gasteiger partial charge in [-0.05, 0) is 31.3 Å². The van der Waals surface area contributed by atoms with Gasteiger partial charge in [0, 0.05) is 26.0 Å². The fraction of sp³-hybridized carbons (Fsp3) is 0.692. The molecule has 0 spiro atoms. The molecule has 0 saturated heterocycles. The lowest BCUT2D eigenvalue weighted by Crippen LogP contribution is -2.19. The van der Waals surface area contributed by atoms with Crippen LogP contribution in [0.5, 0.6) is 0 Å². The van der Waals surface area contributed by atoms with Crippen LogP contribution in [0.1, 0.15) is 39.5 Å². The Labute approximate surface area is 115 Å². The Morgan fingerprint density at radius 2 is 2.17 bits per heavy atom. The first-order valence-electron chi connectivity index (χ1n) is 6.56. The highest BCUT2D eigenvalue weighted by Crippen LogP contribution is 2.53. The maximum atomic E-state index is 12.7. The molecule has 0 amide bonds. The third-order valence-electron chi connectivity index (χ3n) is 3.26. The summed E-state index contributed by atoms with van der Waals surface area (Å²) in [6.07, 6.45) is 6.54. The zero-order valence-corrected chi connectivity index (χ0v) is 13.1. The molecule has 0 heterocycles. The van der Waals surface area contributed by atoms with Crippen molar-refractivity contribution in [2.24, 2.45) is 0 Å². The van der Waals surface area contributed by atoms with Gasteiger partial charge in [0.2, 0.25) is 0 Å². The van der Waals surface area contributed by atoms with E-state index in [1.807, 2.05) is 18.5 Å². The van der Waals surface area contributed by atoms with E-state index in [2.05, 4.69) is 6.08 Å². The molecule has 1 atom stereocenters. The van der Waals surface area contributed by atoms with Crippen LogP contribution in [0.25, 0.3) is 0 Å². The first kappa shape index (κ1) is 16.0. The molecule has 1 unspecified atom stereocenters. The minimum Gasteiger partial charge on any atom is -0.318 e. The summed E-state index contributed by atoms with van der Waals surface area (Å²) in [6, 6.07) is 0. The molecule has 0 aliphatic heterocycles. The summed E-state index contributed by atoms with van der Waals surface area (Å²) in [4.78, 5) is 0. The van der Waals surface area contributed by atoms with Crippen LogP contribution in [0.3, 0.4) is 0 Å². The monoisotopic (exact) mass is 291 g/mol. The Bertz CT molecular complexity index is 375. The average molecular weight is 292 g/mol. The first-order chi connectivity index (χ1) is 8.57. The van der Waals surface area contributed by atoms with Gasteiger partial charge in [0.25, 0.3) is 7.52 Å². The van der Waals surface area contributed by atoms with Crippen molar-refractivity contribution < 1.29 is 9.09 Å². The van der Waals surface area contributed by atoms with Crippen LogP contribution >= 0.6 is 19.1 Å². The molecule has 0 saturated carbocycles. The van der Waals surface area contributed by atoms with Crippen molar-refractivity contribution in [2.45, 2.75) is 39.5 Å². The maximum Gasteiger partial charge on any atom is 0.296 e. The molecular formula is C13H23ClNO2P. The Hall–Kier alpha value is -0.0800. The summed E-state index contributed by atoms with van der Waals surface area (Å²) in [5.74, 6) is 1.61. The first-order valence-corrected chi connectivity index (χ1v) is 8.58. The number of halogens is 1. The lowest BCUT2D eigenvalue weighted by Gasteiger charge is -2.26. The Kier molecular flexibility index (Phi) is 6.65. The average Bonchev–Trinajstić information content (AvgIpc) is 2.41. The number of allylic oxidation sites excluding steroid dienone is 3. The van der Waals surface area contributed by atoms with E-state index < -0.39 is 7.52 Å². The van der Waals surface area contributed by atoms with Crippen LogP contribution in [-0.2, 0) is 9.09 Å². The zero-order chi connectivity index (χ0) is 13.6. The minimum absolute atomic E-state index is 0.590. The second-order valence-corrected chi connectivity index (χ2v) is 7.06. The smallest absolute Gasteiger partial charge is 0.296 e. The summed E-state index contributed by atoms with van der Waals surface area (Å²) in [7, 11) is -1.45. The summed E-state index contributed by atoms with van der Waals surface area (Å²) >= 11 is 6.29. The molecule has 3 nitrogen and oxygen atoms in total. The highest BCUT2D eigenvalue weighted by molar-refractivity contribution is 7.59. The Morgan fingerprint density at radius 1 is 1.50 bits per heavy atom. The zero-order valence-electron chi connectivity index (χ0n) is 11.5. The van der Waals surface area contributed by atoms with Crippen molar-refractivity contribution in [3.8, 4) is 0 Å².